The number of nitrogens with two attached hydrogens (primary N) is 1. The minimum Gasteiger partial charge on any atom is -0.444 e. The fraction of sp³-hybridized carbons (Fsp3) is 0.524. The number of fused-ring (bicyclic) bond motifs is 1. The Bertz CT molecular complexity index is 1110. The maximum absolute atomic E-state index is 13.1. The highest BCUT2D eigenvalue weighted by Crippen LogP contribution is 2.27. The molecule has 1 saturated heterocycles. The second-order valence-electron chi connectivity index (χ2n) is 8.15. The van der Waals surface area contributed by atoms with E-state index in [1.54, 1.807) is 18.2 Å². The average molecular weight is 434 g/mol. The van der Waals surface area contributed by atoms with Crippen molar-refractivity contribution in [2.75, 3.05) is 13.1 Å². The molecule has 0 amide bonds. The first-order chi connectivity index (χ1) is 14.4. The molecule has 0 spiro atoms. The van der Waals surface area contributed by atoms with Crippen LogP contribution < -0.4 is 11.3 Å². The van der Waals surface area contributed by atoms with E-state index < -0.39 is 10.0 Å². The van der Waals surface area contributed by atoms with E-state index in [-0.39, 0.29) is 47.0 Å². The Morgan fingerprint density at radius 3 is 2.57 bits per heavy atom. The fourth-order valence-corrected chi connectivity index (χ4v) is 6.03. The highest BCUT2D eigenvalue weighted by atomic mass is 32.2. The number of ether oxygens (including phenoxy) is 1. The van der Waals surface area contributed by atoms with Crippen molar-refractivity contribution in [2.45, 2.75) is 56.2 Å². The Hall–Kier alpha value is -2.23. The lowest BCUT2D eigenvalue weighted by Crippen LogP contribution is -2.32. The van der Waals surface area contributed by atoms with E-state index in [2.05, 4.69) is 0 Å². The Kier molecular flexibility index (Phi) is 5.95. The second kappa shape index (κ2) is 8.49. The predicted octanol–water partition coefficient (Wildman–Crippen LogP) is 1.80. The first-order valence-electron chi connectivity index (χ1n) is 10.4. The minimum atomic E-state index is -3.75. The summed E-state index contributed by atoms with van der Waals surface area (Å²) in [4.78, 5) is 25.3. The smallest absolute Gasteiger partial charge is 0.310 e. The van der Waals surface area contributed by atoms with E-state index in [4.69, 9.17) is 10.5 Å². The van der Waals surface area contributed by atoms with E-state index in [9.17, 15) is 18.0 Å². The standard InChI is InChI=1S/C21H27N3O5S/c22-16-9-12-24(13-16)30(27,28)19-8-4-7-18-17(19)10-11-23(20(18)25)14-29-21(26)15-5-2-1-3-6-15/h4,7-8,10-11,15-16H,1-3,5-6,9,12-14,22H2/t16-/m0/s1. The zero-order valence-electron chi connectivity index (χ0n) is 16.8. The van der Waals surface area contributed by atoms with Crippen LogP contribution in [0.3, 0.4) is 0 Å². The van der Waals surface area contributed by atoms with Crippen LogP contribution >= 0.6 is 0 Å². The number of esters is 1. The molecule has 9 heteroatoms. The number of carbonyl (C=O) groups excluding carboxylic acids is 1. The third kappa shape index (κ3) is 4.01. The molecule has 1 atom stereocenters. The van der Waals surface area contributed by atoms with Gasteiger partial charge >= 0.3 is 5.97 Å². The van der Waals surface area contributed by atoms with Crippen molar-refractivity contribution in [3.8, 4) is 0 Å². The third-order valence-corrected chi connectivity index (χ3v) is 7.99. The van der Waals surface area contributed by atoms with Gasteiger partial charge in [0, 0.05) is 36.1 Å². The molecule has 2 N–H and O–H groups in total. The van der Waals surface area contributed by atoms with Crippen LogP contribution in [0.2, 0.25) is 0 Å². The van der Waals surface area contributed by atoms with Gasteiger partial charge in [-0.15, -0.1) is 0 Å². The lowest BCUT2D eigenvalue weighted by atomic mass is 9.89. The predicted molar refractivity (Wildman–Crippen MR) is 112 cm³/mol. The van der Waals surface area contributed by atoms with Crippen molar-refractivity contribution in [3.05, 3.63) is 40.8 Å². The van der Waals surface area contributed by atoms with Gasteiger partial charge in [-0.05, 0) is 37.5 Å². The van der Waals surface area contributed by atoms with Gasteiger partial charge in [-0.25, -0.2) is 8.42 Å². The van der Waals surface area contributed by atoms with Gasteiger partial charge in [-0.1, -0.05) is 25.3 Å². The van der Waals surface area contributed by atoms with Crippen LogP contribution in [0.25, 0.3) is 10.8 Å². The topological polar surface area (TPSA) is 112 Å². The number of pyridine rings is 1. The van der Waals surface area contributed by atoms with Gasteiger partial charge < -0.3 is 10.5 Å². The number of nitrogens with zero attached hydrogens (tertiary/aromatic N) is 2. The zero-order chi connectivity index (χ0) is 21.3. The van der Waals surface area contributed by atoms with Crippen LogP contribution in [0.4, 0.5) is 0 Å². The van der Waals surface area contributed by atoms with Crippen LogP contribution in [-0.4, -0.2) is 42.4 Å². The number of rotatable bonds is 5. The lowest BCUT2D eigenvalue weighted by Gasteiger charge is -2.20. The first kappa shape index (κ1) is 21.0. The number of hydrogen-bond donors (Lipinski definition) is 1. The third-order valence-electron chi connectivity index (χ3n) is 6.07. The number of benzene rings is 1. The van der Waals surface area contributed by atoms with Crippen molar-refractivity contribution in [3.63, 3.8) is 0 Å². The fourth-order valence-electron chi connectivity index (χ4n) is 4.32. The van der Waals surface area contributed by atoms with Crippen LogP contribution in [0.1, 0.15) is 38.5 Å². The molecule has 2 aromatic rings. The van der Waals surface area contributed by atoms with Crippen LogP contribution in [0, 0.1) is 5.92 Å². The number of sulfonamides is 1. The number of carbonyl (C=O) groups is 1. The summed E-state index contributed by atoms with van der Waals surface area (Å²) in [5.74, 6) is -0.373. The summed E-state index contributed by atoms with van der Waals surface area (Å²) < 4.78 is 34.2. The Balaban J connectivity index is 1.59. The maximum Gasteiger partial charge on any atom is 0.310 e. The molecule has 1 aromatic heterocycles. The van der Waals surface area contributed by atoms with Gasteiger partial charge in [-0.3, -0.25) is 14.2 Å². The van der Waals surface area contributed by atoms with Crippen LogP contribution in [0.15, 0.2) is 40.2 Å². The van der Waals surface area contributed by atoms with E-state index >= 15 is 0 Å². The molecular weight excluding hydrogens is 406 g/mol. The molecule has 1 aliphatic carbocycles. The largest absolute Gasteiger partial charge is 0.444 e. The Morgan fingerprint density at radius 1 is 1.10 bits per heavy atom. The average Bonchev–Trinajstić information content (AvgIpc) is 3.20. The van der Waals surface area contributed by atoms with E-state index in [0.717, 1.165) is 32.1 Å². The monoisotopic (exact) mass is 433 g/mol. The van der Waals surface area contributed by atoms with Crippen molar-refractivity contribution in [1.82, 2.24) is 8.87 Å². The Morgan fingerprint density at radius 2 is 1.87 bits per heavy atom. The van der Waals surface area contributed by atoms with Gasteiger partial charge in [0.15, 0.2) is 6.73 Å². The molecule has 0 bridgehead atoms. The molecule has 2 heterocycles. The lowest BCUT2D eigenvalue weighted by molar-refractivity contribution is -0.153. The zero-order valence-corrected chi connectivity index (χ0v) is 17.6. The summed E-state index contributed by atoms with van der Waals surface area (Å²) in [6.45, 7) is 0.461. The van der Waals surface area contributed by atoms with Gasteiger partial charge in [0.2, 0.25) is 10.0 Å². The summed E-state index contributed by atoms with van der Waals surface area (Å²) in [5, 5.41) is 0.633. The SMILES string of the molecule is N[C@H]1CCN(S(=O)(=O)c2cccc3c(=O)n(COC(=O)C4CCCCC4)ccc23)C1. The van der Waals surface area contributed by atoms with Gasteiger partial charge in [0.25, 0.3) is 5.56 Å². The highest BCUT2D eigenvalue weighted by molar-refractivity contribution is 7.89. The van der Waals surface area contributed by atoms with E-state index in [0.29, 0.717) is 18.4 Å². The summed E-state index contributed by atoms with van der Waals surface area (Å²) in [7, 11) is -3.75. The van der Waals surface area contributed by atoms with Crippen molar-refractivity contribution in [1.29, 1.82) is 0 Å². The first-order valence-corrected chi connectivity index (χ1v) is 11.9. The van der Waals surface area contributed by atoms with E-state index in [1.165, 1.54) is 21.1 Å². The summed E-state index contributed by atoms with van der Waals surface area (Å²) in [6.07, 6.45) is 6.93. The molecule has 2 aliphatic rings. The molecule has 1 saturated carbocycles. The molecule has 30 heavy (non-hydrogen) atoms. The molecular formula is C21H27N3O5S. The van der Waals surface area contributed by atoms with Gasteiger partial charge in [-0.2, -0.15) is 4.31 Å². The second-order valence-corrected chi connectivity index (χ2v) is 10.1. The van der Waals surface area contributed by atoms with Crippen LogP contribution in [0.5, 0.6) is 0 Å². The minimum absolute atomic E-state index is 0.0950. The van der Waals surface area contributed by atoms with Crippen molar-refractivity contribution in [2.24, 2.45) is 11.7 Å². The summed E-state index contributed by atoms with van der Waals surface area (Å²) >= 11 is 0. The van der Waals surface area contributed by atoms with Crippen molar-refractivity contribution >= 4 is 26.8 Å². The molecule has 4 rings (SSSR count). The Labute approximate surface area is 175 Å². The normalized spacial score (nSPS) is 21.2. The molecule has 1 aliphatic heterocycles. The molecule has 0 unspecified atom stereocenters. The molecule has 8 nitrogen and oxygen atoms in total. The van der Waals surface area contributed by atoms with Crippen molar-refractivity contribution < 1.29 is 17.9 Å². The molecule has 0 radical (unpaired) electrons. The summed E-state index contributed by atoms with van der Waals surface area (Å²) in [5.41, 5.74) is 5.48. The molecule has 162 valence electrons. The van der Waals surface area contributed by atoms with Gasteiger partial charge in [0.1, 0.15) is 0 Å². The van der Waals surface area contributed by atoms with Gasteiger partial charge in [0.05, 0.1) is 10.8 Å². The molecule has 2 fully saturated rings. The molecule has 1 aromatic carbocycles. The summed E-state index contributed by atoms with van der Waals surface area (Å²) in [6, 6.07) is 6.07. The maximum atomic E-state index is 13.1. The van der Waals surface area contributed by atoms with Crippen LogP contribution in [-0.2, 0) is 26.3 Å². The number of hydrogen-bond acceptors (Lipinski definition) is 6. The number of aromatic nitrogens is 1. The quantitative estimate of drug-likeness (QED) is 0.720. The van der Waals surface area contributed by atoms with E-state index in [1.807, 2.05) is 0 Å². The highest BCUT2D eigenvalue weighted by Gasteiger charge is 2.32.